The molecule has 47 heavy (non-hydrogen) atoms. The van der Waals surface area contributed by atoms with Crippen LogP contribution in [0, 0.1) is 46.3 Å². The first-order chi connectivity index (χ1) is 22.5. The average Bonchev–Trinajstić information content (AvgIpc) is 3.56. The van der Waals surface area contributed by atoms with E-state index in [0.717, 1.165) is 28.5 Å². The van der Waals surface area contributed by atoms with E-state index in [4.69, 9.17) is 4.74 Å². The number of aliphatic hydroxyl groups is 5. The van der Waals surface area contributed by atoms with Gasteiger partial charge in [-0.05, 0) is 106 Å². The zero-order valence-corrected chi connectivity index (χ0v) is 27.1. The molecule has 0 radical (unpaired) electrons. The third-order valence-electron chi connectivity index (χ3n) is 14.6. The van der Waals surface area contributed by atoms with E-state index in [2.05, 4.69) is 17.2 Å². The highest BCUT2D eigenvalue weighted by Crippen LogP contribution is 2.75. The summed E-state index contributed by atoms with van der Waals surface area (Å²) < 4.78 is 6.10. The van der Waals surface area contributed by atoms with Crippen LogP contribution in [0.4, 0.5) is 0 Å². The third-order valence-corrected chi connectivity index (χ3v) is 14.6. The van der Waals surface area contributed by atoms with E-state index in [1.807, 2.05) is 25.2 Å². The van der Waals surface area contributed by atoms with Crippen molar-refractivity contribution in [1.29, 1.82) is 0 Å². The molecule has 5 fully saturated rings. The smallest absolute Gasteiger partial charge is 0.331 e. The predicted octanol–water partition coefficient (Wildman–Crippen LogP) is 2.08. The van der Waals surface area contributed by atoms with Gasteiger partial charge < -0.3 is 40.4 Å². The fourth-order valence-electron chi connectivity index (χ4n) is 12.6. The number of benzene rings is 1. The van der Waals surface area contributed by atoms with Crippen molar-refractivity contribution in [2.75, 3.05) is 7.05 Å². The van der Waals surface area contributed by atoms with Gasteiger partial charge in [0, 0.05) is 47.8 Å². The maximum Gasteiger partial charge on any atom is 0.331 e. The van der Waals surface area contributed by atoms with E-state index in [-0.39, 0.29) is 62.1 Å². The maximum absolute atomic E-state index is 13.4. The Morgan fingerprint density at radius 3 is 2.68 bits per heavy atom. The molecule has 0 amide bonds. The van der Waals surface area contributed by atoms with E-state index in [0.29, 0.717) is 51.4 Å². The molecule has 0 aromatic heterocycles. The summed E-state index contributed by atoms with van der Waals surface area (Å²) in [6.45, 7) is -0.105. The molecule has 6 N–H and O–H groups in total. The van der Waals surface area contributed by atoms with Crippen molar-refractivity contribution >= 4 is 12.3 Å². The Balaban J connectivity index is 1.29. The minimum absolute atomic E-state index is 0.0527. The first-order valence-corrected chi connectivity index (χ1v) is 17.6. The Morgan fingerprint density at radius 1 is 1.09 bits per heavy atom. The molecule has 4 bridgehead atoms. The molecule has 8 aliphatic rings. The summed E-state index contributed by atoms with van der Waals surface area (Å²) >= 11 is 0. The van der Waals surface area contributed by atoms with Crippen LogP contribution in [-0.4, -0.2) is 79.9 Å². The lowest BCUT2D eigenvalue weighted by molar-refractivity contribution is -0.319. The highest BCUT2D eigenvalue weighted by atomic mass is 16.5. The number of esters is 1. The van der Waals surface area contributed by atoms with Gasteiger partial charge in [0.15, 0.2) is 0 Å². The number of hydrogen-bond acceptors (Lipinski definition) is 9. The van der Waals surface area contributed by atoms with Gasteiger partial charge in [-0.15, -0.1) is 0 Å². The molecule has 5 saturated carbocycles. The van der Waals surface area contributed by atoms with Crippen LogP contribution in [0.15, 0.2) is 29.8 Å². The molecule has 252 valence electrons. The number of ether oxygens (including phenoxy) is 1. The van der Waals surface area contributed by atoms with Crippen LogP contribution < -0.4 is 5.32 Å². The van der Waals surface area contributed by atoms with Crippen molar-refractivity contribution in [2.24, 2.45) is 34.5 Å². The van der Waals surface area contributed by atoms with Crippen molar-refractivity contribution in [3.63, 3.8) is 0 Å². The Bertz CT molecular complexity index is 1600. The molecule has 1 heterocycles. The van der Waals surface area contributed by atoms with Gasteiger partial charge in [-0.3, -0.25) is 0 Å². The lowest BCUT2D eigenvalue weighted by Gasteiger charge is -2.69. The fraction of sp³-hybridized carbons (Fsp3) is 0.684. The quantitative estimate of drug-likeness (QED) is 0.165. The van der Waals surface area contributed by atoms with Crippen LogP contribution in [0.1, 0.15) is 87.3 Å². The van der Waals surface area contributed by atoms with E-state index in [9.17, 15) is 35.1 Å². The first-order valence-electron chi connectivity index (χ1n) is 17.6. The molecule has 7 aliphatic carbocycles. The number of nitrogens with one attached hydrogen (secondary N) is 1. The molecule has 12 atom stereocenters. The number of hydrogen-bond donors (Lipinski definition) is 6. The van der Waals surface area contributed by atoms with Crippen LogP contribution in [0.3, 0.4) is 0 Å². The molecule has 1 aliphatic heterocycles. The van der Waals surface area contributed by atoms with E-state index in [1.165, 1.54) is 0 Å². The number of fused-ring (bicyclic) bond motifs is 7. The van der Waals surface area contributed by atoms with Gasteiger partial charge in [0.1, 0.15) is 18.0 Å². The summed E-state index contributed by atoms with van der Waals surface area (Å²) in [5.41, 5.74) is -3.22. The molecular weight excluding hydrogens is 598 g/mol. The summed E-state index contributed by atoms with van der Waals surface area (Å²) in [5.74, 6) is 5.35. The highest BCUT2D eigenvalue weighted by Gasteiger charge is 2.80. The van der Waals surface area contributed by atoms with Crippen LogP contribution in [-0.2, 0) is 27.4 Å². The second kappa shape index (κ2) is 10.7. The van der Waals surface area contributed by atoms with E-state index >= 15 is 0 Å². The van der Waals surface area contributed by atoms with Crippen LogP contribution in [0.25, 0.3) is 0 Å². The molecule has 9 rings (SSSR count). The highest BCUT2D eigenvalue weighted by molar-refractivity contribution is 5.86. The van der Waals surface area contributed by atoms with Crippen LogP contribution in [0.2, 0.25) is 0 Å². The summed E-state index contributed by atoms with van der Waals surface area (Å²) in [6, 6.07) is 5.69. The molecule has 1 spiro atoms. The minimum Gasteiger partial charge on any atom is -0.454 e. The summed E-state index contributed by atoms with van der Waals surface area (Å²) in [4.78, 5) is 26.2. The predicted molar refractivity (Wildman–Crippen MR) is 170 cm³/mol. The van der Waals surface area contributed by atoms with Gasteiger partial charge in [-0.25, -0.2) is 4.79 Å². The van der Waals surface area contributed by atoms with Crippen molar-refractivity contribution < 1.29 is 39.9 Å². The molecule has 9 nitrogen and oxygen atoms in total. The molecule has 0 unspecified atom stereocenters. The molecule has 1 aromatic rings. The Labute approximate surface area is 275 Å². The molecule has 9 heteroatoms. The van der Waals surface area contributed by atoms with Crippen molar-refractivity contribution in [3.8, 4) is 11.8 Å². The largest absolute Gasteiger partial charge is 0.454 e. The Kier molecular flexibility index (Phi) is 7.22. The SMILES string of the molecule is CN[C@@H]1Cc2c(cccc2CO)C#CCC[C@]23CC[C@H]4[C@]5(C=O)CC[C@H](O)C[C@@]5(O)CC[C@@]4(O)[C@@]2(O)C[C@@H]2C[C@H]1[C@H]1OC(=O)C=C1[C@@H]23. The zero-order valence-electron chi connectivity index (χ0n) is 27.1. The fourth-order valence-corrected chi connectivity index (χ4v) is 12.6. The van der Waals surface area contributed by atoms with Crippen molar-refractivity contribution in [1.82, 2.24) is 5.32 Å². The number of rotatable bonds is 3. The normalized spacial score (nSPS) is 48.0. The molecule has 0 saturated heterocycles. The van der Waals surface area contributed by atoms with Gasteiger partial charge >= 0.3 is 5.97 Å². The summed E-state index contributed by atoms with van der Waals surface area (Å²) in [6.07, 6.45) is 5.69. The average molecular weight is 646 g/mol. The zero-order chi connectivity index (χ0) is 33.0. The van der Waals surface area contributed by atoms with E-state index < -0.39 is 45.8 Å². The van der Waals surface area contributed by atoms with Crippen LogP contribution >= 0.6 is 0 Å². The summed E-state index contributed by atoms with van der Waals surface area (Å²) in [5, 5.41) is 62.8. The third kappa shape index (κ3) is 4.00. The number of carbonyl (C=O) groups excluding carboxylic acids is 2. The topological polar surface area (TPSA) is 157 Å². The number of aldehydes is 1. The monoisotopic (exact) mass is 645 g/mol. The molecule has 1 aromatic carbocycles. The van der Waals surface area contributed by atoms with Crippen LogP contribution in [0.5, 0.6) is 0 Å². The second-order valence-corrected chi connectivity index (χ2v) is 16.0. The van der Waals surface area contributed by atoms with E-state index in [1.54, 1.807) is 6.08 Å². The standard InChI is InChI=1S/C38H47NO8/c1-39-29-16-26-22(6-4-7-23(26)20-40)5-2-3-10-34-12-9-30-35(21-41)11-8-25(42)19-36(35,44)13-14-37(30,45)38(34,46)18-24-15-27(29)33-28(32(24)34)17-31(43)47-33/h4,6-7,17,21,24-25,27,29-30,32-33,39-40,42,44-46H,3,8-16,18-20H2,1H3/t24-,25-,27+,29+,30-,32+,33+,34+,35+,36-,37-,38+/m0/s1. The van der Waals surface area contributed by atoms with Gasteiger partial charge in [0.05, 0.1) is 29.3 Å². The second-order valence-electron chi connectivity index (χ2n) is 16.0. The van der Waals surface area contributed by atoms with Crippen molar-refractivity contribution in [3.05, 3.63) is 46.5 Å². The van der Waals surface area contributed by atoms with Gasteiger partial charge in [-0.1, -0.05) is 24.0 Å². The number of likely N-dealkylation sites (N-methyl/N-ethyl adjacent to an activating group) is 1. The minimum atomic E-state index is -1.65. The van der Waals surface area contributed by atoms with Gasteiger partial charge in [-0.2, -0.15) is 0 Å². The van der Waals surface area contributed by atoms with Gasteiger partial charge in [0.25, 0.3) is 0 Å². The number of carbonyl (C=O) groups is 2. The van der Waals surface area contributed by atoms with Crippen molar-refractivity contribution in [2.45, 2.75) is 119 Å². The lowest BCUT2D eigenvalue weighted by Crippen LogP contribution is -2.77. The van der Waals surface area contributed by atoms with Gasteiger partial charge in [0.2, 0.25) is 0 Å². The number of aliphatic hydroxyl groups excluding tert-OH is 2. The maximum atomic E-state index is 13.4. The summed E-state index contributed by atoms with van der Waals surface area (Å²) in [7, 11) is 1.90. The first kappa shape index (κ1) is 31.7. The Hall–Kier alpha value is -2.58. The Morgan fingerprint density at radius 2 is 1.91 bits per heavy atom. The lowest BCUT2D eigenvalue weighted by atomic mass is 9.39. The molecular formula is C38H47NO8.